The van der Waals surface area contributed by atoms with Crippen LogP contribution in [0.3, 0.4) is 0 Å². The van der Waals surface area contributed by atoms with E-state index in [1.54, 1.807) is 56.3 Å². The van der Waals surface area contributed by atoms with Gasteiger partial charge in [-0.2, -0.15) is 0 Å². The fourth-order valence-electron chi connectivity index (χ4n) is 3.35. The van der Waals surface area contributed by atoms with Crippen molar-refractivity contribution in [2.45, 2.75) is 32.2 Å². The predicted octanol–water partition coefficient (Wildman–Crippen LogP) is 3.56. The first-order valence-corrected chi connectivity index (χ1v) is 10.8. The van der Waals surface area contributed by atoms with Gasteiger partial charge in [-0.05, 0) is 50.1 Å². The highest BCUT2D eigenvalue weighted by Crippen LogP contribution is 2.21. The molecule has 1 heterocycles. The molecule has 8 heteroatoms. The second kappa shape index (κ2) is 8.54. The topological polar surface area (TPSA) is 108 Å². The molecule has 7 nitrogen and oxygen atoms in total. The Kier molecular flexibility index (Phi) is 6.07. The van der Waals surface area contributed by atoms with Gasteiger partial charge in [-0.3, -0.25) is 14.3 Å². The number of aromatic amines is 1. The minimum atomic E-state index is -3.75. The highest BCUT2D eigenvalue weighted by molar-refractivity contribution is 7.92. The van der Waals surface area contributed by atoms with Crippen molar-refractivity contribution in [3.05, 3.63) is 82.7 Å². The number of carbonyl (C=O) groups is 2. The minimum Gasteiger partial charge on any atom is -0.354 e. The van der Waals surface area contributed by atoms with Crippen molar-refractivity contribution < 1.29 is 18.0 Å². The number of benzene rings is 2. The Bertz CT molecular complexity index is 1200. The van der Waals surface area contributed by atoms with Crippen LogP contribution in [0.4, 0.5) is 5.69 Å². The molecule has 0 aliphatic heterocycles. The minimum absolute atomic E-state index is 0.110. The molecule has 0 aliphatic carbocycles. The molecule has 156 valence electrons. The number of hydrogen-bond acceptors (Lipinski definition) is 4. The summed E-state index contributed by atoms with van der Waals surface area (Å²) < 4.78 is 27.8. The summed E-state index contributed by atoms with van der Waals surface area (Å²) in [5.41, 5.74) is 3.05. The first-order chi connectivity index (χ1) is 14.2. The van der Waals surface area contributed by atoms with Gasteiger partial charge in [-0.15, -0.1) is 0 Å². The molecule has 0 unspecified atom stereocenters. The third kappa shape index (κ3) is 4.44. The molecule has 30 heavy (non-hydrogen) atoms. The highest BCUT2D eigenvalue weighted by Gasteiger charge is 2.20. The number of carbonyl (C=O) groups excluding carboxylic acids is 2. The van der Waals surface area contributed by atoms with Crippen LogP contribution < -0.4 is 10.0 Å². The summed E-state index contributed by atoms with van der Waals surface area (Å²) in [6, 6.07) is 14.9. The van der Waals surface area contributed by atoms with Crippen molar-refractivity contribution >= 4 is 27.4 Å². The zero-order chi connectivity index (χ0) is 21.9. The maximum atomic E-state index is 12.7. The average molecular weight is 426 g/mol. The van der Waals surface area contributed by atoms with Gasteiger partial charge >= 0.3 is 0 Å². The smallest absolute Gasteiger partial charge is 0.268 e. The van der Waals surface area contributed by atoms with Crippen molar-refractivity contribution in [2.24, 2.45) is 0 Å². The summed E-state index contributed by atoms with van der Waals surface area (Å²) in [5.74, 6) is -0.482. The molecular weight excluding hydrogens is 402 g/mol. The lowest BCUT2D eigenvalue weighted by Crippen LogP contribution is -2.25. The fourth-order valence-corrected chi connectivity index (χ4v) is 4.47. The van der Waals surface area contributed by atoms with E-state index in [9.17, 15) is 18.0 Å². The Morgan fingerprint density at radius 1 is 0.967 bits per heavy atom. The molecule has 0 fully saturated rings. The van der Waals surface area contributed by atoms with E-state index in [4.69, 9.17) is 0 Å². The maximum absolute atomic E-state index is 12.7. The van der Waals surface area contributed by atoms with Gasteiger partial charge in [-0.25, -0.2) is 8.42 Å². The van der Waals surface area contributed by atoms with Crippen LogP contribution in [0.5, 0.6) is 0 Å². The summed E-state index contributed by atoms with van der Waals surface area (Å²) in [7, 11) is -3.75. The van der Waals surface area contributed by atoms with E-state index in [1.165, 1.54) is 19.1 Å². The van der Waals surface area contributed by atoms with Crippen molar-refractivity contribution in [2.75, 3.05) is 4.72 Å². The first kappa shape index (κ1) is 21.3. The lowest BCUT2D eigenvalue weighted by Gasteiger charge is -2.13. The summed E-state index contributed by atoms with van der Waals surface area (Å²) in [6.07, 6.45) is 0. The average Bonchev–Trinajstić information content (AvgIpc) is 3.02. The normalized spacial score (nSPS) is 11.2. The van der Waals surface area contributed by atoms with Crippen LogP contribution in [0.25, 0.3) is 0 Å². The van der Waals surface area contributed by atoms with Gasteiger partial charge in [0.05, 0.1) is 10.6 Å². The summed E-state index contributed by atoms with van der Waals surface area (Å²) in [6.45, 7) is 5.03. The number of anilines is 1. The number of ketones is 1. The number of amides is 1. The third-order valence-electron chi connectivity index (χ3n) is 4.77. The van der Waals surface area contributed by atoms with Gasteiger partial charge in [0.15, 0.2) is 5.78 Å². The van der Waals surface area contributed by atoms with Crippen LogP contribution in [0.1, 0.15) is 44.6 Å². The second-order valence-corrected chi connectivity index (χ2v) is 8.62. The molecule has 0 aliphatic rings. The van der Waals surface area contributed by atoms with Crippen LogP contribution in [0.2, 0.25) is 0 Å². The van der Waals surface area contributed by atoms with Crippen molar-refractivity contribution in [1.29, 1.82) is 0 Å². The number of aryl methyl sites for hydroxylation is 1. The molecule has 0 spiro atoms. The van der Waals surface area contributed by atoms with Crippen LogP contribution in [0, 0.1) is 13.8 Å². The lowest BCUT2D eigenvalue weighted by molar-refractivity contribution is 0.0945. The molecule has 3 rings (SSSR count). The van der Waals surface area contributed by atoms with E-state index >= 15 is 0 Å². The summed E-state index contributed by atoms with van der Waals surface area (Å²) in [5, 5.41) is 2.79. The quantitative estimate of drug-likeness (QED) is 0.503. The highest BCUT2D eigenvalue weighted by atomic mass is 32.2. The molecule has 0 bridgehead atoms. The molecule has 0 saturated heterocycles. The molecule has 0 atom stereocenters. The number of aromatic nitrogens is 1. The van der Waals surface area contributed by atoms with Gasteiger partial charge in [-0.1, -0.05) is 36.4 Å². The Morgan fingerprint density at radius 3 is 2.23 bits per heavy atom. The molecule has 1 amide bonds. The number of H-pyrrole nitrogens is 1. The number of hydrogen-bond donors (Lipinski definition) is 3. The lowest BCUT2D eigenvalue weighted by atomic mass is 10.1. The van der Waals surface area contributed by atoms with Gasteiger partial charge in [0.25, 0.3) is 15.9 Å². The number of nitrogens with one attached hydrogen (secondary N) is 3. The number of para-hydroxylation sites is 1. The molecule has 0 saturated carbocycles. The van der Waals surface area contributed by atoms with Crippen LogP contribution in [-0.2, 0) is 16.6 Å². The second-order valence-electron chi connectivity index (χ2n) is 6.94. The van der Waals surface area contributed by atoms with E-state index in [0.29, 0.717) is 33.8 Å². The number of sulfonamides is 1. The van der Waals surface area contributed by atoms with Crippen LogP contribution >= 0.6 is 0 Å². The SMILES string of the molecule is CC(=O)c1c(C)[nH]c(C(=O)NCc2ccccc2NS(=O)(=O)c2ccccc2)c1C. The fraction of sp³-hybridized carbons (Fsp3) is 0.182. The van der Waals surface area contributed by atoms with Gasteiger partial charge < -0.3 is 10.3 Å². The largest absolute Gasteiger partial charge is 0.354 e. The Morgan fingerprint density at radius 2 is 1.60 bits per heavy atom. The Balaban J connectivity index is 1.79. The summed E-state index contributed by atoms with van der Waals surface area (Å²) >= 11 is 0. The summed E-state index contributed by atoms with van der Waals surface area (Å²) in [4.78, 5) is 27.5. The zero-order valence-electron chi connectivity index (χ0n) is 16.9. The van der Waals surface area contributed by atoms with E-state index < -0.39 is 10.0 Å². The van der Waals surface area contributed by atoms with Crippen molar-refractivity contribution in [1.82, 2.24) is 10.3 Å². The molecule has 1 aromatic heterocycles. The molecule has 3 N–H and O–H groups in total. The Hall–Kier alpha value is -3.39. The standard InChI is InChI=1S/C22H23N3O4S/c1-14-20(16(3)26)15(2)24-21(14)22(27)23-13-17-9-7-8-12-19(17)25-30(28,29)18-10-5-4-6-11-18/h4-12,24-25H,13H2,1-3H3,(H,23,27). The van der Waals surface area contributed by atoms with E-state index in [0.717, 1.165) is 0 Å². The van der Waals surface area contributed by atoms with Gasteiger partial charge in [0.1, 0.15) is 5.69 Å². The zero-order valence-corrected chi connectivity index (χ0v) is 17.8. The maximum Gasteiger partial charge on any atom is 0.268 e. The predicted molar refractivity (Wildman–Crippen MR) is 115 cm³/mol. The molecule has 3 aromatic rings. The Labute approximate surface area is 175 Å². The van der Waals surface area contributed by atoms with Gasteiger partial charge in [0, 0.05) is 17.8 Å². The number of rotatable bonds is 7. The monoisotopic (exact) mass is 425 g/mol. The van der Waals surface area contributed by atoms with Gasteiger partial charge in [0.2, 0.25) is 0 Å². The number of Topliss-reactive ketones (excluding diaryl/α,β-unsaturated/α-hetero) is 1. The van der Waals surface area contributed by atoms with Crippen molar-refractivity contribution in [3.63, 3.8) is 0 Å². The first-order valence-electron chi connectivity index (χ1n) is 9.34. The molecule has 0 radical (unpaired) electrons. The van der Waals surface area contributed by atoms with Crippen LogP contribution in [0.15, 0.2) is 59.5 Å². The molecular formula is C22H23N3O4S. The third-order valence-corrected chi connectivity index (χ3v) is 6.15. The van der Waals surface area contributed by atoms with Crippen LogP contribution in [-0.4, -0.2) is 25.1 Å². The van der Waals surface area contributed by atoms with E-state index in [2.05, 4.69) is 15.0 Å². The van der Waals surface area contributed by atoms with Crippen molar-refractivity contribution in [3.8, 4) is 0 Å². The molecule has 2 aromatic carbocycles. The van der Waals surface area contributed by atoms with E-state index in [1.807, 2.05) is 0 Å². The van der Waals surface area contributed by atoms with E-state index in [-0.39, 0.29) is 23.1 Å².